The lowest BCUT2D eigenvalue weighted by Gasteiger charge is -2.38. The summed E-state index contributed by atoms with van der Waals surface area (Å²) >= 11 is 0. The maximum atomic E-state index is 9.58. The van der Waals surface area contributed by atoms with Crippen molar-refractivity contribution in [1.29, 1.82) is 5.26 Å². The molecular weight excluding hydrogens is 464 g/mol. The number of ether oxygens (including phenoxy) is 4. The molecular formula is C31H42N2O4. The normalized spacial score (nSPS) is 21.6. The Labute approximate surface area is 222 Å². The van der Waals surface area contributed by atoms with Gasteiger partial charge in [0.15, 0.2) is 0 Å². The number of hydrogen-bond acceptors (Lipinski definition) is 6. The van der Waals surface area contributed by atoms with Gasteiger partial charge in [-0.2, -0.15) is 5.26 Å². The first kappa shape index (κ1) is 27.3. The fourth-order valence-corrected chi connectivity index (χ4v) is 5.83. The number of anilines is 1. The third-order valence-electron chi connectivity index (χ3n) is 7.76. The number of nitrogens with zero attached hydrogens (tertiary/aromatic N) is 2. The van der Waals surface area contributed by atoms with Crippen LogP contribution in [0.15, 0.2) is 42.5 Å². The highest BCUT2D eigenvalue weighted by molar-refractivity contribution is 5.61. The first-order valence-corrected chi connectivity index (χ1v) is 13.6. The Hall–Kier alpha value is -2.75. The van der Waals surface area contributed by atoms with Crippen molar-refractivity contribution < 1.29 is 18.9 Å². The Bertz CT molecular complexity index is 1050. The van der Waals surface area contributed by atoms with Crippen molar-refractivity contribution in [2.45, 2.75) is 64.6 Å². The van der Waals surface area contributed by atoms with Crippen LogP contribution in [0.2, 0.25) is 0 Å². The van der Waals surface area contributed by atoms with Gasteiger partial charge >= 0.3 is 0 Å². The van der Waals surface area contributed by atoms with E-state index in [1.54, 1.807) is 14.2 Å². The van der Waals surface area contributed by atoms with Gasteiger partial charge in [-0.3, -0.25) is 0 Å². The summed E-state index contributed by atoms with van der Waals surface area (Å²) < 4.78 is 23.2. The van der Waals surface area contributed by atoms with Crippen LogP contribution in [0.25, 0.3) is 0 Å². The van der Waals surface area contributed by atoms with Gasteiger partial charge in [0.1, 0.15) is 18.1 Å². The van der Waals surface area contributed by atoms with Gasteiger partial charge in [0.25, 0.3) is 0 Å². The van der Waals surface area contributed by atoms with Crippen LogP contribution in [-0.4, -0.2) is 46.6 Å². The quantitative estimate of drug-likeness (QED) is 0.331. The zero-order valence-corrected chi connectivity index (χ0v) is 22.9. The molecule has 6 nitrogen and oxygen atoms in total. The highest BCUT2D eigenvalue weighted by Crippen LogP contribution is 2.43. The lowest BCUT2D eigenvalue weighted by Crippen LogP contribution is -2.34. The van der Waals surface area contributed by atoms with E-state index in [4.69, 9.17) is 18.9 Å². The largest absolute Gasteiger partial charge is 0.497 e. The van der Waals surface area contributed by atoms with Crippen molar-refractivity contribution >= 4 is 5.69 Å². The molecule has 0 saturated heterocycles. The van der Waals surface area contributed by atoms with E-state index in [0.29, 0.717) is 25.0 Å². The molecule has 0 N–H and O–H groups in total. The average molecular weight is 507 g/mol. The molecule has 1 aliphatic heterocycles. The Morgan fingerprint density at radius 1 is 1.11 bits per heavy atom. The summed E-state index contributed by atoms with van der Waals surface area (Å²) in [5.41, 5.74) is 3.30. The van der Waals surface area contributed by atoms with Gasteiger partial charge in [0.2, 0.25) is 0 Å². The number of nitriles is 1. The Morgan fingerprint density at radius 2 is 1.92 bits per heavy atom. The second-order valence-corrected chi connectivity index (χ2v) is 11.1. The van der Waals surface area contributed by atoms with Crippen LogP contribution in [0.4, 0.5) is 5.69 Å². The molecule has 2 aromatic rings. The third-order valence-corrected chi connectivity index (χ3v) is 7.76. The summed E-state index contributed by atoms with van der Waals surface area (Å²) in [6.07, 6.45) is 5.18. The molecule has 2 aromatic carbocycles. The second kappa shape index (κ2) is 12.7. The molecule has 200 valence electrons. The Kier molecular flexibility index (Phi) is 9.34. The molecule has 0 radical (unpaired) electrons. The average Bonchev–Trinajstić information content (AvgIpc) is 2.92. The maximum absolute atomic E-state index is 9.58. The summed E-state index contributed by atoms with van der Waals surface area (Å²) in [6, 6.07) is 17.3. The topological polar surface area (TPSA) is 64.0 Å². The maximum Gasteiger partial charge on any atom is 0.142 e. The van der Waals surface area contributed by atoms with Crippen LogP contribution in [0, 0.1) is 22.7 Å². The van der Waals surface area contributed by atoms with E-state index in [9.17, 15) is 5.26 Å². The number of methoxy groups -OCH3 is 2. The monoisotopic (exact) mass is 506 g/mol. The van der Waals surface area contributed by atoms with E-state index in [0.717, 1.165) is 69.0 Å². The smallest absolute Gasteiger partial charge is 0.142 e. The van der Waals surface area contributed by atoms with E-state index in [2.05, 4.69) is 55.1 Å². The third kappa shape index (κ3) is 7.18. The molecule has 1 heterocycles. The predicted octanol–water partition coefficient (Wildman–Crippen LogP) is 6.34. The van der Waals surface area contributed by atoms with Crippen LogP contribution >= 0.6 is 0 Å². The van der Waals surface area contributed by atoms with Gasteiger partial charge in [-0.05, 0) is 87.3 Å². The summed E-state index contributed by atoms with van der Waals surface area (Å²) in [5.74, 6) is 2.63. The van der Waals surface area contributed by atoms with Crippen LogP contribution in [-0.2, 0) is 16.1 Å². The second-order valence-electron chi connectivity index (χ2n) is 11.1. The molecule has 3 atom stereocenters. The minimum absolute atomic E-state index is 0.139. The number of benzene rings is 2. The first-order chi connectivity index (χ1) is 17.9. The molecule has 0 unspecified atom stereocenters. The van der Waals surface area contributed by atoms with Crippen molar-refractivity contribution in [2.75, 3.05) is 45.4 Å². The first-order valence-electron chi connectivity index (χ1n) is 13.6. The standard InChI is InChI=1S/C31H42N2O4/c1-31(2,22-32)20-23-6-12-29(27(18-23)25-8-10-26(35-4)11-9-25)37-21-24-7-13-30-28(19-24)33(15-17-36-30)14-5-16-34-3/h7-11,13,19,23,27,29H,5-6,12,14-18,20-21H2,1-4H3/t23-,27+,29-/m0/s1. The molecule has 0 spiro atoms. The lowest BCUT2D eigenvalue weighted by molar-refractivity contribution is -0.0116. The summed E-state index contributed by atoms with van der Waals surface area (Å²) in [6.45, 7) is 8.00. The minimum Gasteiger partial charge on any atom is -0.497 e. The minimum atomic E-state index is -0.302. The number of fused-ring (bicyclic) bond motifs is 1. The van der Waals surface area contributed by atoms with Gasteiger partial charge in [-0.1, -0.05) is 18.2 Å². The van der Waals surface area contributed by atoms with Gasteiger partial charge < -0.3 is 23.8 Å². The molecule has 0 amide bonds. The molecule has 2 aliphatic rings. The highest BCUT2D eigenvalue weighted by Gasteiger charge is 2.35. The summed E-state index contributed by atoms with van der Waals surface area (Å²) in [4.78, 5) is 2.39. The number of hydrogen-bond donors (Lipinski definition) is 0. The van der Waals surface area contributed by atoms with Crippen LogP contribution in [0.3, 0.4) is 0 Å². The van der Waals surface area contributed by atoms with Crippen molar-refractivity contribution in [2.24, 2.45) is 11.3 Å². The van der Waals surface area contributed by atoms with Crippen molar-refractivity contribution in [3.05, 3.63) is 53.6 Å². The van der Waals surface area contributed by atoms with Crippen LogP contribution in [0.1, 0.15) is 63.0 Å². The van der Waals surface area contributed by atoms with Gasteiger partial charge in [-0.25, -0.2) is 0 Å². The Morgan fingerprint density at radius 3 is 2.65 bits per heavy atom. The van der Waals surface area contributed by atoms with Gasteiger partial charge in [0.05, 0.1) is 43.5 Å². The molecule has 1 saturated carbocycles. The number of rotatable bonds is 11. The van der Waals surface area contributed by atoms with E-state index in [-0.39, 0.29) is 11.5 Å². The molecule has 1 aliphatic carbocycles. The zero-order chi connectivity index (χ0) is 26.3. The zero-order valence-electron chi connectivity index (χ0n) is 22.9. The van der Waals surface area contributed by atoms with Crippen LogP contribution < -0.4 is 14.4 Å². The molecule has 0 aromatic heterocycles. The van der Waals surface area contributed by atoms with Crippen molar-refractivity contribution in [1.82, 2.24) is 0 Å². The fraction of sp³-hybridized carbons (Fsp3) is 0.581. The predicted molar refractivity (Wildman–Crippen MR) is 146 cm³/mol. The van der Waals surface area contributed by atoms with Crippen molar-refractivity contribution in [3.63, 3.8) is 0 Å². The van der Waals surface area contributed by atoms with E-state index >= 15 is 0 Å². The van der Waals surface area contributed by atoms with Gasteiger partial charge in [0, 0.05) is 26.2 Å². The van der Waals surface area contributed by atoms with E-state index < -0.39 is 0 Å². The lowest BCUT2D eigenvalue weighted by atomic mass is 9.71. The fourth-order valence-electron chi connectivity index (χ4n) is 5.83. The molecule has 4 rings (SSSR count). The van der Waals surface area contributed by atoms with Crippen molar-refractivity contribution in [3.8, 4) is 17.6 Å². The molecule has 37 heavy (non-hydrogen) atoms. The molecule has 1 fully saturated rings. The Balaban J connectivity index is 1.47. The van der Waals surface area contributed by atoms with E-state index in [1.807, 2.05) is 12.1 Å². The summed E-state index contributed by atoms with van der Waals surface area (Å²) in [7, 11) is 3.45. The SMILES string of the molecule is COCCCN1CCOc2ccc(CO[C@H]3CC[C@H](CC(C)(C)C#N)C[C@@H]3c3ccc(OC)cc3)cc21. The summed E-state index contributed by atoms with van der Waals surface area (Å²) in [5, 5.41) is 9.58. The van der Waals surface area contributed by atoms with E-state index in [1.165, 1.54) is 11.1 Å². The van der Waals surface area contributed by atoms with Gasteiger partial charge in [-0.15, -0.1) is 0 Å². The molecule has 6 heteroatoms. The molecule has 0 bridgehead atoms. The van der Waals surface area contributed by atoms with Crippen LogP contribution in [0.5, 0.6) is 11.5 Å². The highest BCUT2D eigenvalue weighted by atomic mass is 16.5.